The number of pyridine rings is 1. The van der Waals surface area contributed by atoms with Gasteiger partial charge in [0, 0.05) is 29.4 Å². The maximum absolute atomic E-state index is 14.3. The predicted molar refractivity (Wildman–Crippen MR) is 94.3 cm³/mol. The molecule has 0 aliphatic heterocycles. The van der Waals surface area contributed by atoms with E-state index in [1.807, 2.05) is 6.07 Å². The van der Waals surface area contributed by atoms with Crippen LogP contribution in [0.1, 0.15) is 38.2 Å². The van der Waals surface area contributed by atoms with Crippen molar-refractivity contribution in [2.75, 3.05) is 5.32 Å². The van der Waals surface area contributed by atoms with Crippen LogP contribution in [0.5, 0.6) is 0 Å². The molecule has 0 spiro atoms. The Labute approximate surface area is 144 Å². The molecule has 1 aliphatic carbocycles. The van der Waals surface area contributed by atoms with Crippen LogP contribution in [0.25, 0.3) is 16.7 Å². The van der Waals surface area contributed by atoms with Gasteiger partial charge in [0.25, 0.3) is 0 Å². The number of halogens is 1. The van der Waals surface area contributed by atoms with E-state index in [0.29, 0.717) is 17.3 Å². The first-order chi connectivity index (χ1) is 12.0. The Kier molecular flexibility index (Phi) is 3.75. The maximum Gasteiger partial charge on any atom is 0.227 e. The predicted octanol–water partition coefficient (Wildman–Crippen LogP) is 4.03. The van der Waals surface area contributed by atoms with Gasteiger partial charge in [-0.1, -0.05) is 13.8 Å². The molecule has 1 aliphatic rings. The van der Waals surface area contributed by atoms with Crippen molar-refractivity contribution in [3.8, 4) is 5.69 Å². The molecule has 2 aromatic heterocycles. The van der Waals surface area contributed by atoms with Crippen LogP contribution in [-0.4, -0.2) is 20.7 Å². The second kappa shape index (κ2) is 5.95. The minimum atomic E-state index is -0.402. The van der Waals surface area contributed by atoms with Crippen LogP contribution < -0.4 is 5.32 Å². The third-order valence-electron chi connectivity index (χ3n) is 4.46. The van der Waals surface area contributed by atoms with E-state index >= 15 is 0 Å². The highest BCUT2D eigenvalue weighted by Crippen LogP contribution is 2.30. The molecule has 0 radical (unpaired) electrons. The summed E-state index contributed by atoms with van der Waals surface area (Å²) in [6, 6.07) is 6.53. The van der Waals surface area contributed by atoms with Gasteiger partial charge in [0.1, 0.15) is 11.5 Å². The van der Waals surface area contributed by atoms with Gasteiger partial charge in [0.15, 0.2) is 5.65 Å². The van der Waals surface area contributed by atoms with E-state index in [2.05, 4.69) is 29.2 Å². The van der Waals surface area contributed by atoms with Gasteiger partial charge in [-0.25, -0.2) is 14.1 Å². The molecule has 1 amide bonds. The first kappa shape index (κ1) is 15.7. The quantitative estimate of drug-likeness (QED) is 0.781. The Morgan fingerprint density at radius 3 is 2.84 bits per heavy atom. The first-order valence-corrected chi connectivity index (χ1v) is 8.47. The van der Waals surface area contributed by atoms with Gasteiger partial charge in [-0.15, -0.1) is 5.10 Å². The second-order valence-electron chi connectivity index (χ2n) is 6.84. The number of fused-ring (bicyclic) bond motifs is 1. The van der Waals surface area contributed by atoms with Gasteiger partial charge < -0.3 is 5.32 Å². The first-order valence-electron chi connectivity index (χ1n) is 8.47. The van der Waals surface area contributed by atoms with E-state index in [1.165, 1.54) is 10.7 Å². The molecule has 5 nitrogen and oxygen atoms in total. The molecule has 6 heteroatoms. The van der Waals surface area contributed by atoms with Crippen LogP contribution in [0.15, 0.2) is 36.7 Å². The topological polar surface area (TPSA) is 59.8 Å². The molecule has 2 heterocycles. The molecule has 0 atom stereocenters. The molecule has 25 heavy (non-hydrogen) atoms. The van der Waals surface area contributed by atoms with Crippen LogP contribution in [0, 0.1) is 11.7 Å². The van der Waals surface area contributed by atoms with Crippen LogP contribution in [0.3, 0.4) is 0 Å². The van der Waals surface area contributed by atoms with E-state index in [-0.39, 0.29) is 17.5 Å². The van der Waals surface area contributed by atoms with Crippen molar-refractivity contribution in [1.29, 1.82) is 0 Å². The minimum absolute atomic E-state index is 0.00794. The Bertz CT molecular complexity index is 959. The molecule has 0 unspecified atom stereocenters. The molecular weight excluding hydrogens is 319 g/mol. The van der Waals surface area contributed by atoms with Crippen molar-refractivity contribution in [2.45, 2.75) is 32.6 Å². The maximum atomic E-state index is 14.3. The fraction of sp³-hybridized carbons (Fsp3) is 0.316. The third-order valence-corrected chi connectivity index (χ3v) is 4.46. The zero-order valence-electron chi connectivity index (χ0n) is 14.2. The summed E-state index contributed by atoms with van der Waals surface area (Å²) in [4.78, 5) is 16.3. The number of rotatable bonds is 4. The van der Waals surface area contributed by atoms with E-state index < -0.39 is 5.82 Å². The second-order valence-corrected chi connectivity index (χ2v) is 6.84. The summed E-state index contributed by atoms with van der Waals surface area (Å²) in [6.07, 6.45) is 5.41. The number of carbonyl (C=O) groups is 1. The molecule has 128 valence electrons. The van der Waals surface area contributed by atoms with Crippen LogP contribution in [-0.2, 0) is 4.79 Å². The molecule has 1 aromatic carbocycles. The number of nitrogens with one attached hydrogen (secondary N) is 1. The van der Waals surface area contributed by atoms with Gasteiger partial charge >= 0.3 is 0 Å². The number of anilines is 1. The largest absolute Gasteiger partial charge is 0.326 e. The highest BCUT2D eigenvalue weighted by Gasteiger charge is 2.29. The van der Waals surface area contributed by atoms with Crippen molar-refractivity contribution in [1.82, 2.24) is 14.8 Å². The molecule has 3 aromatic rings. The fourth-order valence-electron chi connectivity index (χ4n) is 2.73. The lowest BCUT2D eigenvalue weighted by molar-refractivity contribution is -0.117. The number of hydrogen-bond acceptors (Lipinski definition) is 3. The average Bonchev–Trinajstić information content (AvgIpc) is 3.35. The lowest BCUT2D eigenvalue weighted by Crippen LogP contribution is -2.13. The van der Waals surface area contributed by atoms with Crippen molar-refractivity contribution < 1.29 is 9.18 Å². The standard InChI is InChI=1S/C19H19FN4O/c1-11(2)13-7-14-10-24(23-18(14)21-9-13)17-8-15(5-6-16(17)20)22-19(25)12-3-4-12/h5-12H,3-4H2,1-2H3,(H,22,25). The highest BCUT2D eigenvalue weighted by atomic mass is 19.1. The molecule has 1 fully saturated rings. The van der Waals surface area contributed by atoms with Crippen molar-refractivity contribution >= 4 is 22.6 Å². The van der Waals surface area contributed by atoms with Crippen LogP contribution in [0.4, 0.5) is 10.1 Å². The average molecular weight is 338 g/mol. The molecule has 1 saturated carbocycles. The van der Waals surface area contributed by atoms with Crippen LogP contribution >= 0.6 is 0 Å². The molecule has 0 saturated heterocycles. The Morgan fingerprint density at radius 1 is 1.32 bits per heavy atom. The number of benzene rings is 1. The summed E-state index contributed by atoms with van der Waals surface area (Å²) in [7, 11) is 0. The lowest BCUT2D eigenvalue weighted by Gasteiger charge is -2.08. The molecule has 4 rings (SSSR count). The Hall–Kier alpha value is -2.76. The van der Waals surface area contributed by atoms with Gasteiger partial charge in [0.2, 0.25) is 5.91 Å². The van der Waals surface area contributed by atoms with E-state index in [4.69, 9.17) is 0 Å². The zero-order valence-corrected chi connectivity index (χ0v) is 14.2. The summed E-state index contributed by atoms with van der Waals surface area (Å²) in [5, 5.41) is 8.06. The normalized spacial score (nSPS) is 14.2. The minimum Gasteiger partial charge on any atom is -0.326 e. The number of carbonyl (C=O) groups excluding carboxylic acids is 1. The van der Waals surface area contributed by atoms with Crippen molar-refractivity contribution in [3.05, 3.63) is 48.0 Å². The van der Waals surface area contributed by atoms with Gasteiger partial charge in [-0.3, -0.25) is 4.79 Å². The smallest absolute Gasteiger partial charge is 0.227 e. The van der Waals surface area contributed by atoms with Gasteiger partial charge in [-0.2, -0.15) is 0 Å². The Balaban J connectivity index is 1.70. The van der Waals surface area contributed by atoms with E-state index in [9.17, 15) is 9.18 Å². The van der Waals surface area contributed by atoms with Crippen LogP contribution in [0.2, 0.25) is 0 Å². The fourth-order valence-corrected chi connectivity index (χ4v) is 2.73. The van der Waals surface area contributed by atoms with Crippen molar-refractivity contribution in [3.63, 3.8) is 0 Å². The summed E-state index contributed by atoms with van der Waals surface area (Å²) >= 11 is 0. The number of amides is 1. The third kappa shape index (κ3) is 3.12. The number of hydrogen-bond donors (Lipinski definition) is 1. The summed E-state index contributed by atoms with van der Waals surface area (Å²) in [5.74, 6) is 0.0464. The summed E-state index contributed by atoms with van der Waals surface area (Å²) < 4.78 is 15.8. The van der Waals surface area contributed by atoms with E-state index in [0.717, 1.165) is 23.8 Å². The summed E-state index contributed by atoms with van der Waals surface area (Å²) in [5.41, 5.74) is 2.54. The molecular formula is C19H19FN4O. The summed E-state index contributed by atoms with van der Waals surface area (Å²) in [6.45, 7) is 4.19. The number of aromatic nitrogens is 3. The Morgan fingerprint density at radius 2 is 2.12 bits per heavy atom. The van der Waals surface area contributed by atoms with Gasteiger partial charge in [-0.05, 0) is 48.6 Å². The van der Waals surface area contributed by atoms with Gasteiger partial charge in [0.05, 0.1) is 0 Å². The monoisotopic (exact) mass is 338 g/mol. The zero-order chi connectivity index (χ0) is 17.6. The van der Waals surface area contributed by atoms with E-state index in [1.54, 1.807) is 24.5 Å². The van der Waals surface area contributed by atoms with Crippen molar-refractivity contribution in [2.24, 2.45) is 5.92 Å². The molecule has 1 N–H and O–H groups in total. The number of nitrogens with zero attached hydrogens (tertiary/aromatic N) is 3. The highest BCUT2D eigenvalue weighted by molar-refractivity contribution is 5.94. The molecule has 0 bridgehead atoms. The SMILES string of the molecule is CC(C)c1cnc2nn(-c3cc(NC(=O)C4CC4)ccc3F)cc2c1. The lowest BCUT2D eigenvalue weighted by atomic mass is 10.1.